The molecule has 0 saturated heterocycles. The molecule has 110 valence electrons. The highest BCUT2D eigenvalue weighted by atomic mass is 32.1. The number of nitrogens with zero attached hydrogens (tertiary/aromatic N) is 3. The number of ether oxygens (including phenoxy) is 2. The number of aromatic nitrogens is 2. The van der Waals surface area contributed by atoms with Crippen molar-refractivity contribution >= 4 is 23.1 Å². The largest absolute Gasteiger partial charge is 0.490 e. The maximum atomic E-state index is 5.61. The second kappa shape index (κ2) is 7.57. The first-order valence-electron chi connectivity index (χ1n) is 6.75. The molecule has 0 N–H and O–H groups in total. The first kappa shape index (κ1) is 15.2. The zero-order valence-corrected chi connectivity index (χ0v) is 12.9. The number of benzene rings is 1. The summed E-state index contributed by atoms with van der Waals surface area (Å²) >= 11 is 4.57. The summed E-state index contributed by atoms with van der Waals surface area (Å²) < 4.78 is 13.0. The summed E-state index contributed by atoms with van der Waals surface area (Å²) in [6, 6.07) is 5.89. The molecule has 0 spiro atoms. The Morgan fingerprint density at radius 2 is 2.00 bits per heavy atom. The minimum Gasteiger partial charge on any atom is -0.490 e. The van der Waals surface area contributed by atoms with Crippen LogP contribution in [0.2, 0.25) is 0 Å². The summed E-state index contributed by atoms with van der Waals surface area (Å²) in [5, 5.41) is 6.56. The molecule has 1 aromatic heterocycles. The van der Waals surface area contributed by atoms with Crippen molar-refractivity contribution in [3.8, 4) is 11.5 Å². The maximum absolute atomic E-state index is 5.61. The molecule has 2 rings (SSSR count). The van der Waals surface area contributed by atoms with Gasteiger partial charge in [0.1, 0.15) is 5.69 Å². The molecule has 1 aromatic carbocycles. The average Bonchev–Trinajstić information content (AvgIpc) is 2.90. The van der Waals surface area contributed by atoms with Gasteiger partial charge in [0.25, 0.3) is 0 Å². The van der Waals surface area contributed by atoms with Crippen molar-refractivity contribution in [3.63, 3.8) is 0 Å². The Balaban J connectivity index is 2.18. The maximum Gasteiger partial charge on any atom is 0.161 e. The number of hydrogen-bond donors (Lipinski definition) is 0. The van der Waals surface area contributed by atoms with Crippen molar-refractivity contribution in [2.75, 3.05) is 13.2 Å². The molecule has 0 radical (unpaired) electrons. The van der Waals surface area contributed by atoms with Gasteiger partial charge >= 0.3 is 0 Å². The Hall–Kier alpha value is -2.17. The molecule has 0 unspecified atom stereocenters. The van der Waals surface area contributed by atoms with E-state index in [0.717, 1.165) is 17.1 Å². The van der Waals surface area contributed by atoms with Crippen molar-refractivity contribution in [2.45, 2.75) is 20.4 Å². The number of isothiocyanates is 1. The molecular weight excluding hydrogens is 286 g/mol. The first-order valence-corrected chi connectivity index (χ1v) is 7.16. The molecule has 2 aromatic rings. The number of aliphatic imine (C=N–C) groups is 1. The minimum atomic E-state index is 0.596. The summed E-state index contributed by atoms with van der Waals surface area (Å²) in [4.78, 5) is 3.89. The molecule has 0 bridgehead atoms. The van der Waals surface area contributed by atoms with Crippen molar-refractivity contribution < 1.29 is 9.47 Å². The Kier molecular flexibility index (Phi) is 5.49. The van der Waals surface area contributed by atoms with Gasteiger partial charge in [-0.25, -0.2) is 0 Å². The molecule has 0 aliphatic rings. The lowest BCUT2D eigenvalue weighted by molar-refractivity contribution is 0.287. The van der Waals surface area contributed by atoms with Crippen LogP contribution in [0.15, 0.2) is 35.6 Å². The SMILES string of the molecule is CCOc1ccc(Cn2cc(N=C=S)cn2)cc1OCC. The monoisotopic (exact) mass is 303 g/mol. The van der Waals surface area contributed by atoms with Gasteiger partial charge < -0.3 is 9.47 Å². The van der Waals surface area contributed by atoms with E-state index < -0.39 is 0 Å². The fourth-order valence-corrected chi connectivity index (χ4v) is 2.04. The van der Waals surface area contributed by atoms with Crippen molar-refractivity contribution in [1.82, 2.24) is 9.78 Å². The topological polar surface area (TPSA) is 48.6 Å². The van der Waals surface area contributed by atoms with E-state index in [1.54, 1.807) is 10.9 Å². The van der Waals surface area contributed by atoms with Crippen LogP contribution in [0.5, 0.6) is 11.5 Å². The van der Waals surface area contributed by atoms with Crippen LogP contribution >= 0.6 is 12.2 Å². The van der Waals surface area contributed by atoms with Crippen LogP contribution in [-0.4, -0.2) is 28.2 Å². The van der Waals surface area contributed by atoms with Gasteiger partial charge in [-0.1, -0.05) is 6.07 Å². The van der Waals surface area contributed by atoms with Gasteiger partial charge in [0.05, 0.1) is 37.3 Å². The highest BCUT2D eigenvalue weighted by Gasteiger charge is 2.07. The van der Waals surface area contributed by atoms with Crippen molar-refractivity contribution in [3.05, 3.63) is 36.2 Å². The van der Waals surface area contributed by atoms with Crippen LogP contribution in [-0.2, 0) is 6.54 Å². The van der Waals surface area contributed by atoms with Crippen LogP contribution in [0, 0.1) is 0 Å². The molecule has 0 atom stereocenters. The predicted molar refractivity (Wildman–Crippen MR) is 84.8 cm³/mol. The van der Waals surface area contributed by atoms with Crippen LogP contribution < -0.4 is 9.47 Å². The molecule has 0 aliphatic carbocycles. The lowest BCUT2D eigenvalue weighted by atomic mass is 10.2. The molecule has 0 aliphatic heterocycles. The first-order chi connectivity index (χ1) is 10.3. The van der Waals surface area contributed by atoms with Gasteiger partial charge in [0.2, 0.25) is 0 Å². The second-order valence-corrected chi connectivity index (χ2v) is 4.43. The van der Waals surface area contributed by atoms with Crippen LogP contribution in [0.25, 0.3) is 0 Å². The Morgan fingerprint density at radius 1 is 1.24 bits per heavy atom. The highest BCUT2D eigenvalue weighted by molar-refractivity contribution is 7.78. The molecule has 0 saturated carbocycles. The van der Waals surface area contributed by atoms with Gasteiger partial charge in [-0.15, -0.1) is 0 Å². The lowest BCUT2D eigenvalue weighted by Crippen LogP contribution is -2.02. The molecule has 1 heterocycles. The van der Waals surface area contributed by atoms with Gasteiger partial charge in [-0.05, 0) is 43.8 Å². The third-order valence-corrected chi connectivity index (χ3v) is 2.84. The number of hydrogen-bond acceptors (Lipinski definition) is 5. The van der Waals surface area contributed by atoms with Crippen molar-refractivity contribution in [2.24, 2.45) is 4.99 Å². The third-order valence-electron chi connectivity index (χ3n) is 2.75. The summed E-state index contributed by atoms with van der Waals surface area (Å²) in [5.41, 5.74) is 1.77. The van der Waals surface area contributed by atoms with E-state index in [0.29, 0.717) is 25.4 Å². The summed E-state index contributed by atoms with van der Waals surface area (Å²) in [7, 11) is 0. The summed E-state index contributed by atoms with van der Waals surface area (Å²) in [6.45, 7) is 5.73. The zero-order chi connectivity index (χ0) is 15.1. The predicted octanol–water partition coefficient (Wildman–Crippen LogP) is 3.46. The molecule has 5 nitrogen and oxygen atoms in total. The van der Waals surface area contributed by atoms with Gasteiger partial charge in [0, 0.05) is 0 Å². The number of thiocarbonyl (C=S) groups is 1. The molecule has 6 heteroatoms. The Bertz CT molecular complexity index is 648. The summed E-state index contributed by atoms with van der Waals surface area (Å²) in [5.74, 6) is 1.51. The average molecular weight is 303 g/mol. The van der Waals surface area contributed by atoms with E-state index in [1.807, 2.05) is 38.2 Å². The van der Waals surface area contributed by atoms with E-state index in [-0.39, 0.29) is 0 Å². The third kappa shape index (κ3) is 4.15. The van der Waals surface area contributed by atoms with E-state index in [1.165, 1.54) is 0 Å². The molecule has 0 fully saturated rings. The van der Waals surface area contributed by atoms with E-state index >= 15 is 0 Å². The standard InChI is InChI=1S/C15H17N3O2S/c1-3-19-14-6-5-12(7-15(14)20-4-2)9-18-10-13(8-17-18)16-11-21/h5-8,10H,3-4,9H2,1-2H3. The lowest BCUT2D eigenvalue weighted by Gasteiger charge is -2.12. The van der Waals surface area contributed by atoms with E-state index in [2.05, 4.69) is 27.5 Å². The van der Waals surface area contributed by atoms with Gasteiger partial charge in [-0.3, -0.25) is 4.68 Å². The van der Waals surface area contributed by atoms with Gasteiger partial charge in [-0.2, -0.15) is 10.1 Å². The quantitative estimate of drug-likeness (QED) is 0.580. The van der Waals surface area contributed by atoms with Crippen LogP contribution in [0.3, 0.4) is 0 Å². The molecular formula is C15H17N3O2S. The number of rotatable bonds is 7. The van der Waals surface area contributed by atoms with E-state index in [4.69, 9.17) is 9.47 Å². The Morgan fingerprint density at radius 3 is 2.71 bits per heavy atom. The fraction of sp³-hybridized carbons (Fsp3) is 0.333. The smallest absolute Gasteiger partial charge is 0.161 e. The second-order valence-electron chi connectivity index (χ2n) is 4.25. The molecule has 0 amide bonds. The van der Waals surface area contributed by atoms with Crippen molar-refractivity contribution in [1.29, 1.82) is 0 Å². The fourth-order valence-electron chi connectivity index (χ4n) is 1.93. The van der Waals surface area contributed by atoms with Crippen LogP contribution in [0.4, 0.5) is 5.69 Å². The summed E-state index contributed by atoms with van der Waals surface area (Å²) in [6.07, 6.45) is 3.47. The normalized spacial score (nSPS) is 10.0. The van der Waals surface area contributed by atoms with Crippen LogP contribution in [0.1, 0.15) is 19.4 Å². The van der Waals surface area contributed by atoms with Gasteiger partial charge in [0.15, 0.2) is 11.5 Å². The Labute approximate surface area is 129 Å². The zero-order valence-electron chi connectivity index (χ0n) is 12.1. The molecule has 21 heavy (non-hydrogen) atoms. The highest BCUT2D eigenvalue weighted by Crippen LogP contribution is 2.28. The minimum absolute atomic E-state index is 0.596. The van der Waals surface area contributed by atoms with E-state index in [9.17, 15) is 0 Å².